The van der Waals surface area contributed by atoms with Crippen LogP contribution in [0.3, 0.4) is 0 Å². The second-order valence-electron chi connectivity index (χ2n) is 7.85. The Balaban J connectivity index is 1.46. The first-order valence-electron chi connectivity index (χ1n) is 10.6. The monoisotopic (exact) mass is 412 g/mol. The molecule has 7 nitrogen and oxygen atoms in total. The second kappa shape index (κ2) is 9.40. The Hall–Kier alpha value is -2.71. The van der Waals surface area contributed by atoms with E-state index in [9.17, 15) is 4.39 Å². The fraction of sp³-hybridized carbons (Fsp3) is 0.455. The fourth-order valence-electron chi connectivity index (χ4n) is 3.80. The van der Waals surface area contributed by atoms with Crippen molar-refractivity contribution >= 4 is 28.4 Å². The number of halogens is 1. The van der Waals surface area contributed by atoms with Gasteiger partial charge >= 0.3 is 0 Å². The minimum atomic E-state index is -0.238. The molecule has 1 saturated heterocycles. The van der Waals surface area contributed by atoms with Gasteiger partial charge in [-0.25, -0.2) is 9.37 Å². The first-order valence-corrected chi connectivity index (χ1v) is 10.6. The van der Waals surface area contributed by atoms with Crippen LogP contribution in [0, 0.1) is 5.82 Å². The van der Waals surface area contributed by atoms with Gasteiger partial charge in [0.15, 0.2) is 0 Å². The van der Waals surface area contributed by atoms with E-state index >= 15 is 0 Å². The van der Waals surface area contributed by atoms with Crippen LogP contribution >= 0.6 is 0 Å². The minimum Gasteiger partial charge on any atom is -0.396 e. The number of hydrogen-bond donors (Lipinski definition) is 2. The van der Waals surface area contributed by atoms with Crippen LogP contribution < -0.4 is 10.2 Å². The Kier molecular flexibility index (Phi) is 6.44. The van der Waals surface area contributed by atoms with E-state index in [0.29, 0.717) is 17.3 Å². The largest absolute Gasteiger partial charge is 0.396 e. The number of aliphatic hydroxyl groups is 1. The van der Waals surface area contributed by atoms with Crippen molar-refractivity contribution in [2.45, 2.75) is 25.8 Å². The number of aromatic nitrogens is 3. The Bertz CT molecular complexity index is 983. The highest BCUT2D eigenvalue weighted by molar-refractivity contribution is 5.77. The first-order chi connectivity index (χ1) is 14.6. The topological polar surface area (TPSA) is 69.5 Å². The summed E-state index contributed by atoms with van der Waals surface area (Å²) in [4.78, 5) is 13.3. The van der Waals surface area contributed by atoms with Crippen LogP contribution in [0.2, 0.25) is 0 Å². The lowest BCUT2D eigenvalue weighted by atomic mass is 10.2. The van der Waals surface area contributed by atoms with Gasteiger partial charge in [0.25, 0.3) is 0 Å². The zero-order chi connectivity index (χ0) is 20.9. The number of benzene rings is 1. The summed E-state index contributed by atoms with van der Waals surface area (Å²) in [5.41, 5.74) is 2.12. The van der Waals surface area contributed by atoms with Crippen molar-refractivity contribution in [3.8, 4) is 0 Å². The van der Waals surface area contributed by atoms with Gasteiger partial charge in [0, 0.05) is 62.8 Å². The van der Waals surface area contributed by atoms with E-state index in [-0.39, 0.29) is 12.4 Å². The number of anilines is 3. The molecule has 2 aromatic heterocycles. The van der Waals surface area contributed by atoms with E-state index in [0.717, 1.165) is 63.0 Å². The van der Waals surface area contributed by atoms with Gasteiger partial charge in [0.2, 0.25) is 5.95 Å². The fourth-order valence-corrected chi connectivity index (χ4v) is 3.80. The van der Waals surface area contributed by atoms with Crippen LogP contribution in [0.4, 0.5) is 21.7 Å². The summed E-state index contributed by atoms with van der Waals surface area (Å²) in [6.45, 7) is 4.60. The molecule has 30 heavy (non-hydrogen) atoms. The van der Waals surface area contributed by atoms with E-state index in [4.69, 9.17) is 5.11 Å². The third kappa shape index (κ3) is 4.71. The smallest absolute Gasteiger partial charge is 0.229 e. The molecular formula is C22H29FN6O. The maximum absolute atomic E-state index is 14.7. The summed E-state index contributed by atoms with van der Waals surface area (Å²) in [5.74, 6) is 0.211. The number of hydrogen-bond acceptors (Lipinski definition) is 6. The van der Waals surface area contributed by atoms with Crippen molar-refractivity contribution in [1.82, 2.24) is 19.4 Å². The highest BCUT2D eigenvalue weighted by Gasteiger charge is 2.17. The molecule has 0 amide bonds. The Morgan fingerprint density at radius 2 is 1.93 bits per heavy atom. The van der Waals surface area contributed by atoms with Crippen molar-refractivity contribution in [3.63, 3.8) is 0 Å². The Morgan fingerprint density at radius 1 is 1.10 bits per heavy atom. The standard InChI is InChI=1S/C22H29FN6O/c1-27-10-12-28(13-11-27)20-6-5-18(15-19(20)23)25-22-24-16-17-7-9-29(21(17)26-22)8-3-2-4-14-30/h5-7,9,15-16,30H,2-4,8,10-14H2,1H3,(H,24,25,26). The molecule has 0 bridgehead atoms. The molecule has 1 aliphatic heterocycles. The number of unbranched alkanes of at least 4 members (excludes halogenated alkanes) is 2. The predicted molar refractivity (Wildman–Crippen MR) is 118 cm³/mol. The number of piperazine rings is 1. The van der Waals surface area contributed by atoms with Gasteiger partial charge in [-0.3, -0.25) is 0 Å². The molecule has 0 radical (unpaired) electrons. The lowest BCUT2D eigenvalue weighted by Crippen LogP contribution is -2.44. The molecule has 3 aromatic rings. The molecule has 4 rings (SSSR count). The van der Waals surface area contributed by atoms with E-state index in [1.807, 2.05) is 24.4 Å². The molecule has 1 aliphatic rings. The van der Waals surface area contributed by atoms with Crippen molar-refractivity contribution < 1.29 is 9.50 Å². The van der Waals surface area contributed by atoms with Gasteiger partial charge in [-0.1, -0.05) is 0 Å². The molecule has 1 fully saturated rings. The maximum Gasteiger partial charge on any atom is 0.229 e. The van der Waals surface area contributed by atoms with Crippen LogP contribution in [0.5, 0.6) is 0 Å². The van der Waals surface area contributed by atoms with Crippen LogP contribution in [0.25, 0.3) is 11.0 Å². The highest BCUT2D eigenvalue weighted by Crippen LogP contribution is 2.25. The summed E-state index contributed by atoms with van der Waals surface area (Å²) in [7, 11) is 2.09. The predicted octanol–water partition coefficient (Wildman–Crippen LogP) is 3.23. The zero-order valence-corrected chi connectivity index (χ0v) is 17.4. The Morgan fingerprint density at radius 3 is 2.70 bits per heavy atom. The molecule has 8 heteroatoms. The molecule has 0 aliphatic carbocycles. The highest BCUT2D eigenvalue weighted by atomic mass is 19.1. The summed E-state index contributed by atoms with van der Waals surface area (Å²) < 4.78 is 16.8. The summed E-state index contributed by atoms with van der Waals surface area (Å²) in [6.07, 6.45) is 6.56. The van der Waals surface area contributed by atoms with Crippen molar-refractivity contribution in [1.29, 1.82) is 0 Å². The number of fused-ring (bicyclic) bond motifs is 1. The number of nitrogens with one attached hydrogen (secondary N) is 1. The van der Waals surface area contributed by atoms with Gasteiger partial charge < -0.3 is 24.8 Å². The van der Waals surface area contributed by atoms with Crippen molar-refractivity contribution in [3.05, 3.63) is 42.5 Å². The van der Waals surface area contributed by atoms with Crippen LogP contribution in [0.1, 0.15) is 19.3 Å². The SMILES string of the molecule is CN1CCN(c2ccc(Nc3ncc4ccn(CCCCCO)c4n3)cc2F)CC1. The third-order valence-electron chi connectivity index (χ3n) is 5.61. The van der Waals surface area contributed by atoms with Crippen molar-refractivity contribution in [2.24, 2.45) is 0 Å². The summed E-state index contributed by atoms with van der Waals surface area (Å²) in [6, 6.07) is 7.20. The number of likely N-dealkylation sites (N-methyl/N-ethyl adjacent to an activating group) is 1. The quantitative estimate of drug-likeness (QED) is 0.554. The van der Waals surface area contributed by atoms with Crippen LogP contribution in [0.15, 0.2) is 36.7 Å². The average Bonchev–Trinajstić information content (AvgIpc) is 3.14. The summed E-state index contributed by atoms with van der Waals surface area (Å²) >= 11 is 0. The zero-order valence-electron chi connectivity index (χ0n) is 17.4. The normalized spacial score (nSPS) is 15.1. The molecule has 3 heterocycles. The van der Waals surface area contributed by atoms with Crippen molar-refractivity contribution in [2.75, 3.05) is 50.1 Å². The third-order valence-corrected chi connectivity index (χ3v) is 5.61. The molecule has 1 aromatic carbocycles. The number of aliphatic hydroxyl groups excluding tert-OH is 1. The molecule has 2 N–H and O–H groups in total. The maximum atomic E-state index is 14.7. The van der Waals surface area contributed by atoms with Gasteiger partial charge in [0.05, 0.1) is 5.69 Å². The van der Waals surface area contributed by atoms with E-state index < -0.39 is 0 Å². The Labute approximate surface area is 176 Å². The van der Waals surface area contributed by atoms with Gasteiger partial charge in [-0.2, -0.15) is 4.98 Å². The molecule has 0 saturated carbocycles. The molecule has 160 valence electrons. The van der Waals surface area contributed by atoms with Gasteiger partial charge in [0.1, 0.15) is 11.5 Å². The van der Waals surface area contributed by atoms with Crippen LogP contribution in [-0.2, 0) is 6.54 Å². The number of rotatable bonds is 8. The lowest BCUT2D eigenvalue weighted by molar-refractivity contribution is 0.282. The molecule has 0 atom stereocenters. The van der Waals surface area contributed by atoms with Gasteiger partial charge in [-0.05, 0) is 50.6 Å². The summed E-state index contributed by atoms with van der Waals surface area (Å²) in [5, 5.41) is 13.0. The molecular weight excluding hydrogens is 383 g/mol. The van der Waals surface area contributed by atoms with Crippen LogP contribution in [-0.4, -0.2) is 64.4 Å². The van der Waals surface area contributed by atoms with E-state index in [1.165, 1.54) is 6.07 Å². The molecule has 0 spiro atoms. The number of aryl methyl sites for hydroxylation is 1. The van der Waals surface area contributed by atoms with Gasteiger partial charge in [-0.15, -0.1) is 0 Å². The first kappa shape index (κ1) is 20.6. The average molecular weight is 413 g/mol. The minimum absolute atomic E-state index is 0.229. The number of nitrogens with zero attached hydrogens (tertiary/aromatic N) is 5. The molecule has 0 unspecified atom stereocenters. The van der Waals surface area contributed by atoms with E-state index in [1.54, 1.807) is 6.20 Å². The second-order valence-corrected chi connectivity index (χ2v) is 7.85. The van der Waals surface area contributed by atoms with E-state index in [2.05, 4.69) is 36.7 Å². The lowest BCUT2D eigenvalue weighted by Gasteiger charge is -2.34.